The fraction of sp³-hybridized carbons (Fsp3) is 1.00. The van der Waals surface area contributed by atoms with Gasteiger partial charge < -0.3 is 15.3 Å². The van der Waals surface area contributed by atoms with Crippen molar-refractivity contribution in [2.75, 3.05) is 26.7 Å². The summed E-state index contributed by atoms with van der Waals surface area (Å²) in [7, 11) is 2.14. The number of likely N-dealkylation sites (N-methyl/N-ethyl adjacent to an activating group) is 1. The quantitative estimate of drug-likeness (QED) is 0.754. The molecule has 1 aliphatic carbocycles. The molecule has 120 valence electrons. The van der Waals surface area contributed by atoms with Crippen LogP contribution in [-0.2, 0) is 0 Å². The lowest BCUT2D eigenvalue weighted by Gasteiger charge is -2.43. The Morgan fingerprint density at radius 3 is 2.55 bits per heavy atom. The van der Waals surface area contributed by atoms with Gasteiger partial charge in [-0.25, -0.2) is 0 Å². The Morgan fingerprint density at radius 1 is 1.35 bits per heavy atom. The average Bonchev–Trinajstić information content (AvgIpc) is 2.24. The number of nitrogens with one attached hydrogen (secondary N) is 1. The molecule has 2 atom stereocenters. The van der Waals surface area contributed by atoms with Crippen molar-refractivity contribution in [2.24, 2.45) is 11.3 Å². The molecule has 0 heterocycles. The lowest BCUT2D eigenvalue weighted by molar-refractivity contribution is 0.0292. The molecule has 2 unspecified atom stereocenters. The summed E-state index contributed by atoms with van der Waals surface area (Å²) in [5.74, 6) is 0.692. The molecular formula is C17H36N2O. The molecule has 0 aromatic carbocycles. The van der Waals surface area contributed by atoms with E-state index in [9.17, 15) is 5.11 Å². The van der Waals surface area contributed by atoms with Gasteiger partial charge in [0, 0.05) is 19.1 Å². The third-order valence-electron chi connectivity index (χ3n) is 4.38. The largest absolute Gasteiger partial charge is 0.389 e. The molecular weight excluding hydrogens is 248 g/mol. The van der Waals surface area contributed by atoms with E-state index in [1.807, 2.05) is 13.8 Å². The van der Waals surface area contributed by atoms with E-state index in [4.69, 9.17) is 0 Å². The Labute approximate surface area is 126 Å². The van der Waals surface area contributed by atoms with Crippen LogP contribution in [0.1, 0.15) is 60.3 Å². The van der Waals surface area contributed by atoms with Crippen LogP contribution in [0.4, 0.5) is 0 Å². The standard InChI is InChI=1S/C17H36N2O/c1-7-10-18-15-8-9-16(2,3)11-14(15)12-19(6)13-17(4,5)20/h14-15,18,20H,7-13H2,1-6H3. The van der Waals surface area contributed by atoms with Gasteiger partial charge in [0.25, 0.3) is 0 Å². The summed E-state index contributed by atoms with van der Waals surface area (Å²) in [6.07, 6.45) is 5.09. The zero-order valence-corrected chi connectivity index (χ0v) is 14.5. The number of hydrogen-bond donors (Lipinski definition) is 2. The molecule has 0 saturated heterocycles. The SMILES string of the molecule is CCCNC1CCC(C)(C)CC1CN(C)CC(C)(C)O. The second-order valence-corrected chi connectivity index (χ2v) is 8.24. The van der Waals surface area contributed by atoms with Crippen molar-refractivity contribution in [3.05, 3.63) is 0 Å². The van der Waals surface area contributed by atoms with Crippen molar-refractivity contribution in [3.8, 4) is 0 Å². The highest BCUT2D eigenvalue weighted by atomic mass is 16.3. The molecule has 0 radical (unpaired) electrons. The lowest BCUT2D eigenvalue weighted by atomic mass is 9.69. The summed E-state index contributed by atoms with van der Waals surface area (Å²) in [4.78, 5) is 2.30. The zero-order valence-electron chi connectivity index (χ0n) is 14.5. The molecule has 0 aromatic rings. The predicted octanol–water partition coefficient (Wildman–Crippen LogP) is 2.88. The number of rotatable bonds is 7. The Kier molecular flexibility index (Phi) is 6.49. The Morgan fingerprint density at radius 2 is 2.00 bits per heavy atom. The second-order valence-electron chi connectivity index (χ2n) is 8.24. The predicted molar refractivity (Wildman–Crippen MR) is 87.0 cm³/mol. The Hall–Kier alpha value is -0.120. The number of aliphatic hydroxyl groups is 1. The van der Waals surface area contributed by atoms with E-state index in [-0.39, 0.29) is 0 Å². The maximum atomic E-state index is 9.97. The summed E-state index contributed by atoms with van der Waals surface area (Å²) in [6, 6.07) is 0.646. The zero-order chi connectivity index (χ0) is 15.4. The molecule has 1 rings (SSSR count). The van der Waals surface area contributed by atoms with Crippen molar-refractivity contribution in [3.63, 3.8) is 0 Å². The van der Waals surface area contributed by atoms with Crippen LogP contribution >= 0.6 is 0 Å². The lowest BCUT2D eigenvalue weighted by Crippen LogP contribution is -2.48. The minimum absolute atomic E-state index is 0.463. The molecule has 1 fully saturated rings. The first-order valence-electron chi connectivity index (χ1n) is 8.27. The summed E-state index contributed by atoms with van der Waals surface area (Å²) in [5, 5.41) is 13.7. The van der Waals surface area contributed by atoms with E-state index in [0.29, 0.717) is 17.4 Å². The van der Waals surface area contributed by atoms with Crippen molar-refractivity contribution in [1.82, 2.24) is 10.2 Å². The van der Waals surface area contributed by atoms with Crippen LogP contribution in [0.15, 0.2) is 0 Å². The summed E-state index contributed by atoms with van der Waals surface area (Å²) >= 11 is 0. The normalized spacial score (nSPS) is 27.0. The number of nitrogens with zero attached hydrogens (tertiary/aromatic N) is 1. The molecule has 3 heteroatoms. The van der Waals surface area contributed by atoms with Gasteiger partial charge in [0.1, 0.15) is 0 Å². The highest BCUT2D eigenvalue weighted by molar-refractivity contribution is 4.90. The van der Waals surface area contributed by atoms with E-state index in [0.717, 1.165) is 19.6 Å². The Balaban J connectivity index is 2.59. The van der Waals surface area contributed by atoms with Crippen LogP contribution in [0, 0.1) is 11.3 Å². The molecule has 0 amide bonds. The van der Waals surface area contributed by atoms with Gasteiger partial charge in [-0.1, -0.05) is 20.8 Å². The number of hydrogen-bond acceptors (Lipinski definition) is 3. The minimum atomic E-state index is -0.606. The monoisotopic (exact) mass is 284 g/mol. The topological polar surface area (TPSA) is 35.5 Å². The van der Waals surface area contributed by atoms with E-state index in [1.165, 1.54) is 25.7 Å². The summed E-state index contributed by atoms with van der Waals surface area (Å²) < 4.78 is 0. The third kappa shape index (κ3) is 6.55. The van der Waals surface area contributed by atoms with E-state index < -0.39 is 5.60 Å². The molecule has 0 bridgehead atoms. The smallest absolute Gasteiger partial charge is 0.0718 e. The van der Waals surface area contributed by atoms with Crippen LogP contribution in [0.2, 0.25) is 0 Å². The molecule has 2 N–H and O–H groups in total. The van der Waals surface area contributed by atoms with Gasteiger partial charge in [0.05, 0.1) is 5.60 Å². The van der Waals surface area contributed by atoms with Gasteiger partial charge in [0.15, 0.2) is 0 Å². The van der Waals surface area contributed by atoms with Gasteiger partial charge in [-0.05, 0) is 64.5 Å². The fourth-order valence-corrected chi connectivity index (χ4v) is 3.65. The first-order valence-corrected chi connectivity index (χ1v) is 8.27. The maximum Gasteiger partial charge on any atom is 0.0718 e. The minimum Gasteiger partial charge on any atom is -0.389 e. The first-order chi connectivity index (χ1) is 9.13. The maximum absolute atomic E-state index is 9.97. The van der Waals surface area contributed by atoms with Crippen LogP contribution in [0.25, 0.3) is 0 Å². The molecule has 1 saturated carbocycles. The average molecular weight is 284 g/mol. The van der Waals surface area contributed by atoms with Crippen molar-refractivity contribution >= 4 is 0 Å². The highest BCUT2D eigenvalue weighted by Gasteiger charge is 2.35. The Bertz CT molecular complexity index is 283. The molecule has 0 aliphatic heterocycles. The van der Waals surface area contributed by atoms with Gasteiger partial charge in [-0.2, -0.15) is 0 Å². The first kappa shape index (κ1) is 17.9. The molecule has 3 nitrogen and oxygen atoms in total. The van der Waals surface area contributed by atoms with Gasteiger partial charge in [-0.3, -0.25) is 0 Å². The van der Waals surface area contributed by atoms with Crippen molar-refractivity contribution in [2.45, 2.75) is 71.9 Å². The molecule has 0 aromatic heterocycles. The van der Waals surface area contributed by atoms with Gasteiger partial charge >= 0.3 is 0 Å². The second kappa shape index (κ2) is 7.24. The molecule has 0 spiro atoms. The van der Waals surface area contributed by atoms with Crippen LogP contribution in [-0.4, -0.2) is 48.3 Å². The van der Waals surface area contributed by atoms with Gasteiger partial charge in [0.2, 0.25) is 0 Å². The van der Waals surface area contributed by atoms with E-state index in [2.05, 4.69) is 38.0 Å². The third-order valence-corrected chi connectivity index (χ3v) is 4.38. The van der Waals surface area contributed by atoms with E-state index in [1.54, 1.807) is 0 Å². The van der Waals surface area contributed by atoms with Crippen LogP contribution in [0.5, 0.6) is 0 Å². The van der Waals surface area contributed by atoms with Crippen molar-refractivity contribution in [1.29, 1.82) is 0 Å². The van der Waals surface area contributed by atoms with Crippen molar-refractivity contribution < 1.29 is 5.11 Å². The molecule has 20 heavy (non-hydrogen) atoms. The van der Waals surface area contributed by atoms with Crippen LogP contribution in [0.3, 0.4) is 0 Å². The summed E-state index contributed by atoms with van der Waals surface area (Å²) in [6.45, 7) is 13.7. The van der Waals surface area contributed by atoms with Crippen LogP contribution < -0.4 is 5.32 Å². The van der Waals surface area contributed by atoms with E-state index >= 15 is 0 Å². The molecule has 1 aliphatic rings. The highest BCUT2D eigenvalue weighted by Crippen LogP contribution is 2.39. The fourth-order valence-electron chi connectivity index (χ4n) is 3.65. The summed E-state index contributed by atoms with van der Waals surface area (Å²) in [5.41, 5.74) is -0.143. The van der Waals surface area contributed by atoms with Gasteiger partial charge in [-0.15, -0.1) is 0 Å².